The van der Waals surface area contributed by atoms with Gasteiger partial charge in [-0.3, -0.25) is 4.79 Å². The van der Waals surface area contributed by atoms with Gasteiger partial charge < -0.3 is 9.47 Å². The third-order valence-electron chi connectivity index (χ3n) is 5.15. The van der Waals surface area contributed by atoms with Crippen molar-refractivity contribution in [2.45, 2.75) is 45.4 Å². The number of esters is 1. The summed E-state index contributed by atoms with van der Waals surface area (Å²) in [4.78, 5) is 12.3. The van der Waals surface area contributed by atoms with Gasteiger partial charge in [-0.1, -0.05) is 42.8 Å². The quantitative estimate of drug-likeness (QED) is 0.579. The zero-order chi connectivity index (χ0) is 20.2. The first-order valence-corrected chi connectivity index (χ1v) is 9.38. The summed E-state index contributed by atoms with van der Waals surface area (Å²) >= 11 is 0. The summed E-state index contributed by atoms with van der Waals surface area (Å²) in [5.41, 5.74) is -0.0234. The van der Waals surface area contributed by atoms with Gasteiger partial charge in [-0.2, -0.15) is 13.2 Å². The highest BCUT2D eigenvalue weighted by molar-refractivity contribution is 5.78. The molecule has 0 atom stereocenters. The van der Waals surface area contributed by atoms with Gasteiger partial charge in [0.1, 0.15) is 12.4 Å². The first-order chi connectivity index (χ1) is 13.3. The average Bonchev–Trinajstić information content (AvgIpc) is 2.63. The standard InChI is InChI=1S/C22H23F3O3/c1-2-27-20(26)21(11-6-12-21)14-17-9-10-18(22(23,24)25)19(13-17)28-15-16-7-4-3-5-8-16/h3-5,7-10,13H,2,6,11-12,14-15H2,1H3. The largest absolute Gasteiger partial charge is 0.488 e. The van der Waals surface area contributed by atoms with E-state index in [1.54, 1.807) is 31.2 Å². The molecule has 0 unspecified atom stereocenters. The predicted octanol–water partition coefficient (Wildman–Crippen LogP) is 5.56. The Kier molecular flexibility index (Phi) is 5.96. The molecule has 1 aliphatic rings. The van der Waals surface area contributed by atoms with Crippen molar-refractivity contribution in [3.63, 3.8) is 0 Å². The number of ether oxygens (including phenoxy) is 2. The Morgan fingerprint density at radius 3 is 2.36 bits per heavy atom. The third kappa shape index (κ3) is 4.49. The maximum atomic E-state index is 13.4. The first-order valence-electron chi connectivity index (χ1n) is 9.38. The van der Waals surface area contributed by atoms with Crippen LogP contribution in [0.25, 0.3) is 0 Å². The number of carbonyl (C=O) groups excluding carboxylic acids is 1. The van der Waals surface area contributed by atoms with Gasteiger partial charge in [0.25, 0.3) is 0 Å². The Labute approximate surface area is 162 Å². The average molecular weight is 392 g/mol. The molecule has 0 N–H and O–H groups in total. The van der Waals surface area contributed by atoms with E-state index in [-0.39, 0.29) is 18.3 Å². The lowest BCUT2D eigenvalue weighted by Gasteiger charge is -2.39. The van der Waals surface area contributed by atoms with Crippen LogP contribution in [0.5, 0.6) is 5.75 Å². The summed E-state index contributed by atoms with van der Waals surface area (Å²) in [6.45, 7) is 2.08. The zero-order valence-corrected chi connectivity index (χ0v) is 15.7. The van der Waals surface area contributed by atoms with Crippen molar-refractivity contribution < 1.29 is 27.4 Å². The SMILES string of the molecule is CCOC(=O)C1(Cc2ccc(C(F)(F)F)c(OCc3ccccc3)c2)CCC1. The molecule has 0 spiro atoms. The van der Waals surface area contributed by atoms with Crippen LogP contribution in [0.15, 0.2) is 48.5 Å². The molecule has 1 fully saturated rings. The molecule has 0 aromatic heterocycles. The Morgan fingerprint density at radius 2 is 1.79 bits per heavy atom. The molecule has 0 heterocycles. The minimum atomic E-state index is -4.51. The zero-order valence-electron chi connectivity index (χ0n) is 15.7. The van der Waals surface area contributed by atoms with Gasteiger partial charge in [0.2, 0.25) is 0 Å². The van der Waals surface area contributed by atoms with Crippen LogP contribution in [0.2, 0.25) is 0 Å². The molecule has 2 aromatic carbocycles. The van der Waals surface area contributed by atoms with Crippen molar-refractivity contribution >= 4 is 5.97 Å². The van der Waals surface area contributed by atoms with Gasteiger partial charge in [0.15, 0.2) is 0 Å². The van der Waals surface area contributed by atoms with E-state index >= 15 is 0 Å². The molecule has 0 aliphatic heterocycles. The van der Waals surface area contributed by atoms with Crippen LogP contribution >= 0.6 is 0 Å². The van der Waals surface area contributed by atoms with Gasteiger partial charge in [-0.05, 0) is 49.4 Å². The van der Waals surface area contributed by atoms with E-state index in [2.05, 4.69) is 0 Å². The molecule has 0 amide bonds. The van der Waals surface area contributed by atoms with Crippen LogP contribution in [0.3, 0.4) is 0 Å². The summed E-state index contributed by atoms with van der Waals surface area (Å²) in [5, 5.41) is 0. The van der Waals surface area contributed by atoms with Gasteiger partial charge in [-0.15, -0.1) is 0 Å². The van der Waals surface area contributed by atoms with Crippen molar-refractivity contribution in [2.24, 2.45) is 5.41 Å². The van der Waals surface area contributed by atoms with Crippen molar-refractivity contribution in [3.8, 4) is 5.75 Å². The second-order valence-electron chi connectivity index (χ2n) is 7.13. The monoisotopic (exact) mass is 392 g/mol. The molecule has 1 saturated carbocycles. The van der Waals surface area contributed by atoms with Gasteiger partial charge in [0, 0.05) is 0 Å². The number of hydrogen-bond donors (Lipinski definition) is 0. The normalized spacial score (nSPS) is 15.6. The molecular formula is C22H23F3O3. The molecule has 3 rings (SSSR count). The predicted molar refractivity (Wildman–Crippen MR) is 98.8 cm³/mol. The lowest BCUT2D eigenvalue weighted by molar-refractivity contribution is -0.161. The molecule has 0 bridgehead atoms. The smallest absolute Gasteiger partial charge is 0.419 e. The van der Waals surface area contributed by atoms with Crippen molar-refractivity contribution in [1.82, 2.24) is 0 Å². The molecule has 2 aromatic rings. The number of carbonyl (C=O) groups is 1. The van der Waals surface area contributed by atoms with Crippen LogP contribution in [0.1, 0.15) is 42.9 Å². The third-order valence-corrected chi connectivity index (χ3v) is 5.15. The van der Waals surface area contributed by atoms with E-state index in [4.69, 9.17) is 9.47 Å². The maximum Gasteiger partial charge on any atom is 0.419 e. The minimum Gasteiger partial charge on any atom is -0.488 e. The van der Waals surface area contributed by atoms with Gasteiger partial charge in [-0.25, -0.2) is 0 Å². The number of hydrogen-bond acceptors (Lipinski definition) is 3. The van der Waals surface area contributed by atoms with Crippen LogP contribution in [-0.2, 0) is 28.7 Å². The maximum absolute atomic E-state index is 13.4. The van der Waals surface area contributed by atoms with E-state index in [0.29, 0.717) is 31.4 Å². The van der Waals surface area contributed by atoms with Crippen molar-refractivity contribution in [1.29, 1.82) is 0 Å². The molecule has 150 valence electrons. The van der Waals surface area contributed by atoms with Crippen LogP contribution in [0, 0.1) is 5.41 Å². The topological polar surface area (TPSA) is 35.5 Å². The van der Waals surface area contributed by atoms with E-state index in [1.807, 2.05) is 6.07 Å². The number of rotatable bonds is 7. The van der Waals surface area contributed by atoms with E-state index in [1.165, 1.54) is 12.1 Å². The summed E-state index contributed by atoms with van der Waals surface area (Å²) in [6.07, 6.45) is -1.87. The number of halogens is 3. The van der Waals surface area contributed by atoms with Crippen molar-refractivity contribution in [3.05, 3.63) is 65.2 Å². The summed E-state index contributed by atoms with van der Waals surface area (Å²) < 4.78 is 50.9. The molecule has 6 heteroatoms. The Hall–Kier alpha value is -2.50. The summed E-state index contributed by atoms with van der Waals surface area (Å²) in [7, 11) is 0. The first kappa shape index (κ1) is 20.2. The van der Waals surface area contributed by atoms with E-state index in [9.17, 15) is 18.0 Å². The fourth-order valence-corrected chi connectivity index (χ4v) is 3.50. The highest BCUT2D eigenvalue weighted by Gasteiger charge is 2.45. The highest BCUT2D eigenvalue weighted by Crippen LogP contribution is 2.46. The summed E-state index contributed by atoms with van der Waals surface area (Å²) in [6, 6.07) is 12.9. The Bertz CT molecular complexity index is 812. The van der Waals surface area contributed by atoms with Crippen LogP contribution < -0.4 is 4.74 Å². The van der Waals surface area contributed by atoms with E-state index < -0.39 is 17.2 Å². The number of benzene rings is 2. The molecule has 1 aliphatic carbocycles. The Balaban J connectivity index is 1.84. The molecule has 0 saturated heterocycles. The molecule has 0 radical (unpaired) electrons. The van der Waals surface area contributed by atoms with Crippen molar-refractivity contribution in [2.75, 3.05) is 6.61 Å². The molecule has 3 nitrogen and oxygen atoms in total. The summed E-state index contributed by atoms with van der Waals surface area (Å²) in [5.74, 6) is -0.486. The molecule has 28 heavy (non-hydrogen) atoms. The van der Waals surface area contributed by atoms with E-state index in [0.717, 1.165) is 18.1 Å². The van der Waals surface area contributed by atoms with Crippen LogP contribution in [-0.4, -0.2) is 12.6 Å². The Morgan fingerprint density at radius 1 is 1.07 bits per heavy atom. The fourth-order valence-electron chi connectivity index (χ4n) is 3.50. The lowest BCUT2D eigenvalue weighted by Crippen LogP contribution is -2.41. The second-order valence-corrected chi connectivity index (χ2v) is 7.13. The second kappa shape index (κ2) is 8.25. The number of alkyl halides is 3. The van der Waals surface area contributed by atoms with Crippen LogP contribution in [0.4, 0.5) is 13.2 Å². The lowest BCUT2D eigenvalue weighted by atomic mass is 9.65. The van der Waals surface area contributed by atoms with Gasteiger partial charge >= 0.3 is 12.1 Å². The fraction of sp³-hybridized carbons (Fsp3) is 0.409. The van der Waals surface area contributed by atoms with Gasteiger partial charge in [0.05, 0.1) is 17.6 Å². The highest BCUT2D eigenvalue weighted by atomic mass is 19.4. The molecular weight excluding hydrogens is 369 g/mol. The minimum absolute atomic E-state index is 0.0381.